The first-order valence-corrected chi connectivity index (χ1v) is 6.26. The van der Waals surface area contributed by atoms with E-state index in [9.17, 15) is 0 Å². The SMILES string of the molecule is C#CCSCCNCCCn1ccnc1. The number of aryl methyl sites for hydroxylation is 1. The summed E-state index contributed by atoms with van der Waals surface area (Å²) in [4.78, 5) is 3.99. The third-order valence-corrected chi connectivity index (χ3v) is 2.80. The van der Waals surface area contributed by atoms with Crippen LogP contribution in [0.15, 0.2) is 18.7 Å². The summed E-state index contributed by atoms with van der Waals surface area (Å²) in [5.41, 5.74) is 0. The molecular formula is C11H17N3S. The van der Waals surface area contributed by atoms with Crippen molar-refractivity contribution in [3.8, 4) is 12.3 Å². The van der Waals surface area contributed by atoms with Crippen LogP contribution in [-0.4, -0.2) is 34.1 Å². The van der Waals surface area contributed by atoms with Crippen molar-refractivity contribution < 1.29 is 0 Å². The van der Waals surface area contributed by atoms with Crippen LogP contribution in [0.5, 0.6) is 0 Å². The minimum Gasteiger partial charge on any atom is -0.337 e. The first kappa shape index (κ1) is 12.2. The minimum absolute atomic E-state index is 0.816. The Hall–Kier alpha value is -0.920. The summed E-state index contributed by atoms with van der Waals surface area (Å²) in [5, 5.41) is 3.38. The molecule has 82 valence electrons. The molecule has 0 radical (unpaired) electrons. The molecule has 0 bridgehead atoms. The lowest BCUT2D eigenvalue weighted by molar-refractivity contribution is 0.593. The minimum atomic E-state index is 0.816. The van der Waals surface area contributed by atoms with E-state index in [1.807, 2.05) is 18.7 Å². The standard InChI is InChI=1S/C11H17N3S/c1-2-9-15-10-6-12-4-3-7-14-8-5-13-11-14/h1,5,8,11-12H,3-4,6-7,9-10H2. The topological polar surface area (TPSA) is 29.9 Å². The van der Waals surface area contributed by atoms with Crippen LogP contribution < -0.4 is 5.32 Å². The van der Waals surface area contributed by atoms with E-state index < -0.39 is 0 Å². The second-order valence-corrected chi connectivity index (χ2v) is 4.27. The predicted molar refractivity (Wildman–Crippen MR) is 65.9 cm³/mol. The maximum absolute atomic E-state index is 5.15. The molecule has 1 N–H and O–H groups in total. The smallest absolute Gasteiger partial charge is 0.0945 e. The lowest BCUT2D eigenvalue weighted by atomic mass is 10.4. The van der Waals surface area contributed by atoms with E-state index in [0.717, 1.165) is 37.6 Å². The van der Waals surface area contributed by atoms with Gasteiger partial charge in [-0.05, 0) is 13.0 Å². The zero-order chi connectivity index (χ0) is 10.8. The van der Waals surface area contributed by atoms with Gasteiger partial charge in [-0.15, -0.1) is 18.2 Å². The van der Waals surface area contributed by atoms with E-state index in [0.29, 0.717) is 0 Å². The zero-order valence-corrected chi connectivity index (χ0v) is 9.67. The number of nitrogens with one attached hydrogen (secondary N) is 1. The van der Waals surface area contributed by atoms with Crippen molar-refractivity contribution in [3.63, 3.8) is 0 Å². The first-order chi connectivity index (χ1) is 7.43. The van der Waals surface area contributed by atoms with Crippen molar-refractivity contribution in [2.75, 3.05) is 24.6 Å². The van der Waals surface area contributed by atoms with Gasteiger partial charge in [-0.1, -0.05) is 5.92 Å². The summed E-state index contributed by atoms with van der Waals surface area (Å²) in [7, 11) is 0. The lowest BCUT2D eigenvalue weighted by Gasteiger charge is -2.04. The highest BCUT2D eigenvalue weighted by molar-refractivity contribution is 7.99. The van der Waals surface area contributed by atoms with Crippen LogP contribution in [0.4, 0.5) is 0 Å². The normalized spacial score (nSPS) is 10.1. The fourth-order valence-electron chi connectivity index (χ4n) is 1.21. The molecule has 0 unspecified atom stereocenters. The number of nitrogens with zero attached hydrogens (tertiary/aromatic N) is 2. The van der Waals surface area contributed by atoms with Gasteiger partial charge in [-0.25, -0.2) is 4.98 Å². The number of hydrogen-bond acceptors (Lipinski definition) is 3. The summed E-state index contributed by atoms with van der Waals surface area (Å²) in [6.07, 6.45) is 11.9. The first-order valence-electron chi connectivity index (χ1n) is 5.11. The van der Waals surface area contributed by atoms with E-state index in [2.05, 4.69) is 20.8 Å². The highest BCUT2D eigenvalue weighted by Crippen LogP contribution is 1.95. The van der Waals surface area contributed by atoms with Crippen LogP contribution in [0.1, 0.15) is 6.42 Å². The van der Waals surface area contributed by atoms with Crippen LogP contribution in [0.3, 0.4) is 0 Å². The molecule has 0 saturated heterocycles. The number of imidazole rings is 1. The van der Waals surface area contributed by atoms with Crippen LogP contribution in [0.2, 0.25) is 0 Å². The van der Waals surface area contributed by atoms with Crippen molar-refractivity contribution in [1.82, 2.24) is 14.9 Å². The highest BCUT2D eigenvalue weighted by atomic mass is 32.2. The molecule has 0 spiro atoms. The van der Waals surface area contributed by atoms with Crippen LogP contribution in [0.25, 0.3) is 0 Å². The molecule has 3 nitrogen and oxygen atoms in total. The zero-order valence-electron chi connectivity index (χ0n) is 8.85. The molecule has 4 heteroatoms. The maximum Gasteiger partial charge on any atom is 0.0945 e. The molecule has 1 rings (SSSR count). The largest absolute Gasteiger partial charge is 0.337 e. The molecule has 1 heterocycles. The van der Waals surface area contributed by atoms with Gasteiger partial charge in [0.1, 0.15) is 0 Å². The van der Waals surface area contributed by atoms with Crippen LogP contribution in [0, 0.1) is 12.3 Å². The second-order valence-electron chi connectivity index (χ2n) is 3.16. The number of thioether (sulfide) groups is 1. The molecule has 0 aromatic carbocycles. The fraction of sp³-hybridized carbons (Fsp3) is 0.545. The molecular weight excluding hydrogens is 206 g/mol. The van der Waals surface area contributed by atoms with Gasteiger partial charge in [0.15, 0.2) is 0 Å². The van der Waals surface area contributed by atoms with Crippen molar-refractivity contribution in [1.29, 1.82) is 0 Å². The van der Waals surface area contributed by atoms with Crippen molar-refractivity contribution in [2.24, 2.45) is 0 Å². The number of terminal acetylenes is 1. The fourth-order valence-corrected chi connectivity index (χ4v) is 1.76. The molecule has 1 aromatic rings. The Morgan fingerprint density at radius 3 is 3.13 bits per heavy atom. The molecule has 0 aliphatic rings. The van der Waals surface area contributed by atoms with Gasteiger partial charge in [0.2, 0.25) is 0 Å². The average Bonchev–Trinajstić information content (AvgIpc) is 2.75. The van der Waals surface area contributed by atoms with Gasteiger partial charge in [0.25, 0.3) is 0 Å². The van der Waals surface area contributed by atoms with Gasteiger partial charge >= 0.3 is 0 Å². The molecule has 0 aliphatic carbocycles. The van der Waals surface area contributed by atoms with E-state index >= 15 is 0 Å². The van der Waals surface area contributed by atoms with Gasteiger partial charge in [0, 0.05) is 31.2 Å². The third-order valence-electron chi connectivity index (χ3n) is 1.94. The van der Waals surface area contributed by atoms with Crippen molar-refractivity contribution >= 4 is 11.8 Å². The Kier molecular flexibility index (Phi) is 6.80. The Bertz CT molecular complexity index is 277. The average molecular weight is 223 g/mol. The Labute approximate surface area is 95.7 Å². The second kappa shape index (κ2) is 8.39. The Morgan fingerprint density at radius 2 is 2.40 bits per heavy atom. The summed E-state index contributed by atoms with van der Waals surface area (Å²) in [6.45, 7) is 3.12. The highest BCUT2D eigenvalue weighted by Gasteiger charge is 1.91. The van der Waals surface area contributed by atoms with Gasteiger partial charge in [-0.2, -0.15) is 0 Å². The molecule has 0 atom stereocenters. The quantitative estimate of drug-likeness (QED) is 0.531. The van der Waals surface area contributed by atoms with E-state index in [-0.39, 0.29) is 0 Å². The summed E-state index contributed by atoms with van der Waals surface area (Å²) >= 11 is 1.80. The maximum atomic E-state index is 5.15. The predicted octanol–water partition coefficient (Wildman–Crippen LogP) is 1.23. The summed E-state index contributed by atoms with van der Waals surface area (Å²) in [5.74, 6) is 4.52. The van der Waals surface area contributed by atoms with Crippen LogP contribution >= 0.6 is 11.8 Å². The Balaban J connectivity index is 1.84. The number of hydrogen-bond donors (Lipinski definition) is 1. The van der Waals surface area contributed by atoms with Crippen molar-refractivity contribution in [2.45, 2.75) is 13.0 Å². The lowest BCUT2D eigenvalue weighted by Crippen LogP contribution is -2.19. The number of rotatable bonds is 8. The molecule has 0 aliphatic heterocycles. The van der Waals surface area contributed by atoms with Crippen LogP contribution in [-0.2, 0) is 6.54 Å². The molecule has 0 fully saturated rings. The Morgan fingerprint density at radius 1 is 1.47 bits per heavy atom. The summed E-state index contributed by atoms with van der Waals surface area (Å²) in [6, 6.07) is 0. The monoisotopic (exact) mass is 223 g/mol. The van der Waals surface area contributed by atoms with E-state index in [1.165, 1.54) is 0 Å². The molecule has 15 heavy (non-hydrogen) atoms. The van der Waals surface area contributed by atoms with Gasteiger partial charge in [-0.3, -0.25) is 0 Å². The van der Waals surface area contributed by atoms with E-state index in [1.54, 1.807) is 11.8 Å². The van der Waals surface area contributed by atoms with Crippen molar-refractivity contribution in [3.05, 3.63) is 18.7 Å². The summed E-state index contributed by atoms with van der Waals surface area (Å²) < 4.78 is 2.09. The molecule has 1 aromatic heterocycles. The number of aromatic nitrogens is 2. The molecule has 0 saturated carbocycles. The van der Waals surface area contributed by atoms with Gasteiger partial charge in [0.05, 0.1) is 12.1 Å². The van der Waals surface area contributed by atoms with E-state index in [4.69, 9.17) is 6.42 Å². The molecule has 0 amide bonds. The third kappa shape index (κ3) is 6.21. The van der Waals surface area contributed by atoms with Gasteiger partial charge < -0.3 is 9.88 Å².